The second-order valence-corrected chi connectivity index (χ2v) is 9.62. The highest BCUT2D eigenvalue weighted by Gasteiger charge is 2.36. The summed E-state index contributed by atoms with van der Waals surface area (Å²) in [6.45, 7) is 11.6. The summed E-state index contributed by atoms with van der Waals surface area (Å²) in [7, 11) is 1.71. The Balaban J connectivity index is 1.24. The average molecular weight is 430 g/mol. The first-order valence-corrected chi connectivity index (χ1v) is 11.2. The van der Waals surface area contributed by atoms with Crippen LogP contribution in [0.25, 0.3) is 0 Å². The summed E-state index contributed by atoms with van der Waals surface area (Å²) < 4.78 is 10.9. The first-order chi connectivity index (χ1) is 14.8. The number of nitrogens with zero attached hydrogens (tertiary/aromatic N) is 4. The predicted molar refractivity (Wildman–Crippen MR) is 122 cm³/mol. The van der Waals surface area contributed by atoms with E-state index in [2.05, 4.69) is 27.2 Å². The number of hydrogen-bond acceptors (Lipinski definition) is 7. The van der Waals surface area contributed by atoms with Gasteiger partial charge in [-0.3, -0.25) is 4.99 Å². The molecule has 0 saturated carbocycles. The van der Waals surface area contributed by atoms with E-state index in [4.69, 9.17) is 14.5 Å². The summed E-state index contributed by atoms with van der Waals surface area (Å²) in [6, 6.07) is 8.51. The zero-order valence-electron chi connectivity index (χ0n) is 19.1. The largest absolute Gasteiger partial charge is 0.497 e. The Morgan fingerprint density at radius 3 is 2.84 bits per heavy atom. The van der Waals surface area contributed by atoms with Crippen molar-refractivity contribution in [3.63, 3.8) is 0 Å². The fraction of sp³-hybridized carbons (Fsp3) is 0.652. The van der Waals surface area contributed by atoms with Crippen molar-refractivity contribution < 1.29 is 14.3 Å². The third-order valence-corrected chi connectivity index (χ3v) is 6.11. The molecule has 2 fully saturated rings. The van der Waals surface area contributed by atoms with E-state index in [9.17, 15) is 4.79 Å². The molecule has 3 heterocycles. The summed E-state index contributed by atoms with van der Waals surface area (Å²) in [5.41, 5.74) is 0.756. The highest BCUT2D eigenvalue weighted by Crippen LogP contribution is 2.27. The average Bonchev–Trinajstić information content (AvgIpc) is 3.37. The van der Waals surface area contributed by atoms with Crippen molar-refractivity contribution in [1.82, 2.24) is 15.1 Å². The number of methoxy groups -OCH3 is 1. The molecule has 0 aromatic heterocycles. The Hall–Kier alpha value is -2.64. The number of aliphatic imine (C=N–C) groups is 1. The van der Waals surface area contributed by atoms with Crippen LogP contribution >= 0.6 is 0 Å². The molecule has 8 heteroatoms. The van der Waals surface area contributed by atoms with E-state index in [0.717, 1.165) is 50.9 Å². The van der Waals surface area contributed by atoms with Crippen LogP contribution in [0.4, 0.5) is 10.5 Å². The molecule has 8 nitrogen and oxygen atoms in total. The molecule has 31 heavy (non-hydrogen) atoms. The van der Waals surface area contributed by atoms with Crippen LogP contribution in [0.5, 0.6) is 5.75 Å². The molecule has 1 aromatic carbocycles. The van der Waals surface area contributed by atoms with Crippen molar-refractivity contribution in [2.75, 3.05) is 57.8 Å². The summed E-state index contributed by atoms with van der Waals surface area (Å²) >= 11 is 0. The zero-order chi connectivity index (χ0) is 22.0. The molecule has 0 spiro atoms. The fourth-order valence-corrected chi connectivity index (χ4v) is 4.50. The second-order valence-electron chi connectivity index (χ2n) is 9.62. The smallest absolute Gasteiger partial charge is 0.410 e. The lowest BCUT2D eigenvalue weighted by molar-refractivity contribution is 0.0137. The van der Waals surface area contributed by atoms with Crippen LogP contribution in [-0.2, 0) is 4.74 Å². The minimum absolute atomic E-state index is 0.225. The van der Waals surface area contributed by atoms with Crippen LogP contribution in [0.2, 0.25) is 0 Å². The van der Waals surface area contributed by atoms with E-state index in [1.165, 1.54) is 5.69 Å². The quantitative estimate of drug-likeness (QED) is 0.793. The topological polar surface area (TPSA) is 69.6 Å². The van der Waals surface area contributed by atoms with E-state index in [-0.39, 0.29) is 12.1 Å². The number of carbonyl (C=O) groups excluding carboxylic acids is 1. The lowest BCUT2D eigenvalue weighted by atomic mass is 10.1. The van der Waals surface area contributed by atoms with Gasteiger partial charge in [0.2, 0.25) is 0 Å². The Kier molecular flexibility index (Phi) is 6.16. The van der Waals surface area contributed by atoms with Gasteiger partial charge in [0.05, 0.1) is 19.7 Å². The number of rotatable bonds is 4. The number of anilines is 1. The maximum atomic E-state index is 12.4. The van der Waals surface area contributed by atoms with Crippen LogP contribution in [0.3, 0.4) is 0 Å². The highest BCUT2D eigenvalue weighted by molar-refractivity contribution is 5.82. The van der Waals surface area contributed by atoms with Gasteiger partial charge in [0.1, 0.15) is 11.4 Å². The van der Waals surface area contributed by atoms with Crippen molar-refractivity contribution in [3.8, 4) is 5.75 Å². The number of amides is 1. The van der Waals surface area contributed by atoms with Crippen LogP contribution in [0.15, 0.2) is 29.3 Å². The van der Waals surface area contributed by atoms with Gasteiger partial charge in [-0.2, -0.15) is 0 Å². The standard InChI is InChI=1S/C23H35N5O3/c1-23(2,3)31-22(29)27-10-11-28-19(16-27)14-25-21(28)24-13-17-8-9-26(15-17)18-6-5-7-20(12-18)30-4/h5-7,12,17,19H,8-11,13-16H2,1-4H3,(H,24,25). The second kappa shape index (κ2) is 8.85. The number of fused-ring (bicyclic) bond motifs is 1. The monoisotopic (exact) mass is 429 g/mol. The van der Waals surface area contributed by atoms with Crippen LogP contribution in [0, 0.1) is 5.92 Å². The van der Waals surface area contributed by atoms with E-state index in [0.29, 0.717) is 19.0 Å². The number of nitrogens with one attached hydrogen (secondary N) is 1. The molecule has 0 bridgehead atoms. The van der Waals surface area contributed by atoms with Gasteiger partial charge in [-0.1, -0.05) is 6.07 Å². The molecule has 0 aliphatic carbocycles. The molecule has 1 amide bonds. The molecular formula is C23H35N5O3. The van der Waals surface area contributed by atoms with Crippen molar-refractivity contribution in [2.24, 2.45) is 10.9 Å². The Morgan fingerprint density at radius 1 is 1.23 bits per heavy atom. The maximum absolute atomic E-state index is 12.4. The Bertz CT molecular complexity index is 822. The molecular weight excluding hydrogens is 394 g/mol. The van der Waals surface area contributed by atoms with E-state index >= 15 is 0 Å². The van der Waals surface area contributed by atoms with Gasteiger partial charge in [0.25, 0.3) is 0 Å². The first-order valence-electron chi connectivity index (χ1n) is 11.2. The summed E-state index contributed by atoms with van der Waals surface area (Å²) in [4.78, 5) is 23.7. The van der Waals surface area contributed by atoms with E-state index in [1.54, 1.807) is 7.11 Å². The van der Waals surface area contributed by atoms with Crippen molar-refractivity contribution in [3.05, 3.63) is 24.3 Å². The van der Waals surface area contributed by atoms with Crippen LogP contribution in [0.1, 0.15) is 27.2 Å². The third-order valence-electron chi connectivity index (χ3n) is 6.11. The minimum Gasteiger partial charge on any atom is -0.497 e. The molecule has 1 N–H and O–H groups in total. The molecule has 3 aliphatic heterocycles. The summed E-state index contributed by atoms with van der Waals surface area (Å²) in [5.74, 6) is 2.46. The van der Waals surface area contributed by atoms with Gasteiger partial charge in [-0.05, 0) is 45.2 Å². The van der Waals surface area contributed by atoms with Crippen molar-refractivity contribution in [1.29, 1.82) is 0 Å². The molecule has 2 saturated heterocycles. The molecule has 170 valence electrons. The molecule has 2 atom stereocenters. The number of hydrogen-bond donors (Lipinski definition) is 1. The number of piperazine rings is 1. The van der Waals surface area contributed by atoms with E-state index in [1.807, 2.05) is 37.8 Å². The van der Waals surface area contributed by atoms with Crippen LogP contribution in [-0.4, -0.2) is 86.4 Å². The van der Waals surface area contributed by atoms with Gasteiger partial charge in [-0.25, -0.2) is 4.79 Å². The fourth-order valence-electron chi connectivity index (χ4n) is 4.50. The van der Waals surface area contributed by atoms with Gasteiger partial charge in [-0.15, -0.1) is 0 Å². The number of guanidine groups is 1. The van der Waals surface area contributed by atoms with Crippen molar-refractivity contribution >= 4 is 17.7 Å². The van der Waals surface area contributed by atoms with Crippen molar-refractivity contribution in [2.45, 2.75) is 38.8 Å². The SMILES string of the molecule is COc1cccc(N2CCC(CNC3=NCC4CN(C(=O)OC(C)(C)C)CCN34)C2)c1. The van der Waals surface area contributed by atoms with E-state index < -0.39 is 5.60 Å². The third kappa shape index (κ3) is 5.17. The first kappa shape index (κ1) is 21.6. The minimum atomic E-state index is -0.465. The van der Waals surface area contributed by atoms with Gasteiger partial charge in [0, 0.05) is 51.0 Å². The molecule has 3 aliphatic rings. The van der Waals surface area contributed by atoms with Gasteiger partial charge >= 0.3 is 6.09 Å². The molecule has 0 radical (unpaired) electrons. The molecule has 2 unspecified atom stereocenters. The number of carbonyl (C=O) groups is 1. The molecule has 4 rings (SSSR count). The highest BCUT2D eigenvalue weighted by atomic mass is 16.6. The normalized spacial score (nSPS) is 23.5. The van der Waals surface area contributed by atoms with Gasteiger partial charge < -0.3 is 29.5 Å². The number of benzene rings is 1. The zero-order valence-corrected chi connectivity index (χ0v) is 19.1. The van der Waals surface area contributed by atoms with Gasteiger partial charge in [0.15, 0.2) is 5.96 Å². The lowest BCUT2D eigenvalue weighted by Crippen LogP contribution is -2.57. The lowest BCUT2D eigenvalue weighted by Gasteiger charge is -2.39. The Labute approximate surface area is 185 Å². The summed E-state index contributed by atoms with van der Waals surface area (Å²) in [5, 5.41) is 3.59. The summed E-state index contributed by atoms with van der Waals surface area (Å²) in [6.07, 6.45) is 0.935. The van der Waals surface area contributed by atoms with Crippen LogP contribution < -0.4 is 15.0 Å². The predicted octanol–water partition coefficient (Wildman–Crippen LogP) is 2.40. The maximum Gasteiger partial charge on any atom is 0.410 e. The Morgan fingerprint density at radius 2 is 2.06 bits per heavy atom. The number of ether oxygens (including phenoxy) is 2. The molecule has 1 aromatic rings.